The molecule has 4 aliphatic heterocycles. The number of anilines is 3. The number of fused-ring (bicyclic) bond motifs is 2. The Hall–Kier alpha value is -7.36. The number of nitrogens with zero attached hydrogens (tertiary/aromatic N) is 10. The number of nitrogens with one attached hydrogen (secondary N) is 1. The van der Waals surface area contributed by atoms with Crippen molar-refractivity contribution < 1.29 is 43.0 Å². The lowest BCUT2D eigenvalue weighted by atomic mass is 9.91. The number of likely N-dealkylation sites (tertiary alicyclic amines) is 2. The number of aryl methyl sites for hydroxylation is 1. The molecule has 1 aromatic carbocycles. The van der Waals surface area contributed by atoms with E-state index in [1.54, 1.807) is 24.4 Å². The van der Waals surface area contributed by atoms with Crippen molar-refractivity contribution in [3.05, 3.63) is 96.5 Å². The molecule has 6 aromatic rings. The van der Waals surface area contributed by atoms with Crippen molar-refractivity contribution in [1.29, 1.82) is 0 Å². The first-order chi connectivity index (χ1) is 37.3. The topological polar surface area (TPSA) is 257 Å². The van der Waals surface area contributed by atoms with Gasteiger partial charge < -0.3 is 59.1 Å². The predicted octanol–water partition coefficient (Wildman–Crippen LogP) is 6.08. The number of aromatic hydroxyl groups is 1. The number of para-hydroxylation sites is 1. The number of aliphatic hydroxyl groups is 1. The van der Waals surface area contributed by atoms with E-state index in [-0.39, 0.29) is 66.8 Å². The van der Waals surface area contributed by atoms with Crippen molar-refractivity contribution in [3.8, 4) is 40.2 Å². The number of phenolic OH excluding ortho intramolecular Hbond substituents is 1. The van der Waals surface area contributed by atoms with Crippen molar-refractivity contribution >= 4 is 29.0 Å². The summed E-state index contributed by atoms with van der Waals surface area (Å²) >= 11 is 0. The molecular weight excluding hydrogens is 985 g/mol. The molecule has 5 N–H and O–H groups in total. The minimum absolute atomic E-state index is 0.0289. The number of nitrogens with two attached hydrogens (primary N) is 1. The Bertz CT molecular complexity index is 3000. The van der Waals surface area contributed by atoms with Gasteiger partial charge in [0.1, 0.15) is 36.1 Å². The Morgan fingerprint density at radius 3 is 2.39 bits per heavy atom. The van der Waals surface area contributed by atoms with Gasteiger partial charge in [0.2, 0.25) is 17.7 Å². The highest BCUT2D eigenvalue weighted by atomic mass is 16.5. The van der Waals surface area contributed by atoms with Gasteiger partial charge in [-0.05, 0) is 86.5 Å². The number of β-amino-alcohol motifs (C(OH)–C–C–N with tert-alkyl or cyclic N) is 1. The Morgan fingerprint density at radius 1 is 0.870 bits per heavy atom. The van der Waals surface area contributed by atoms with Crippen LogP contribution in [0.4, 0.5) is 17.2 Å². The van der Waals surface area contributed by atoms with Crippen LogP contribution in [0.25, 0.3) is 22.7 Å². The molecule has 9 heterocycles. The number of nitrogen functional groups attached to an aromatic ring is 1. The van der Waals surface area contributed by atoms with Gasteiger partial charge in [0.05, 0.1) is 41.4 Å². The molecule has 5 aliphatic rings. The van der Waals surface area contributed by atoms with Crippen LogP contribution in [0, 0.1) is 12.8 Å². The summed E-state index contributed by atoms with van der Waals surface area (Å²) in [7, 11) is 0. The van der Waals surface area contributed by atoms with E-state index in [0.717, 1.165) is 87.3 Å². The molecule has 1 aliphatic carbocycles. The Morgan fingerprint density at radius 2 is 1.66 bits per heavy atom. The fourth-order valence-corrected chi connectivity index (χ4v) is 11.8. The van der Waals surface area contributed by atoms with E-state index in [1.807, 2.05) is 64.2 Å². The highest BCUT2D eigenvalue weighted by Crippen LogP contribution is 2.41. The molecule has 2 unspecified atom stereocenters. The summed E-state index contributed by atoms with van der Waals surface area (Å²) in [6.07, 6.45) is 10.2. The maximum Gasteiger partial charge on any atom is 0.254 e. The minimum atomic E-state index is -0.867. The van der Waals surface area contributed by atoms with Crippen molar-refractivity contribution in [3.63, 3.8) is 0 Å². The average molecular weight is 1050 g/mol. The molecule has 5 fully saturated rings. The first-order valence-corrected chi connectivity index (χ1v) is 27.0. The summed E-state index contributed by atoms with van der Waals surface area (Å²) in [6.45, 7) is 12.0. The smallest absolute Gasteiger partial charge is 0.254 e. The molecule has 4 saturated heterocycles. The van der Waals surface area contributed by atoms with Gasteiger partial charge in [0.25, 0.3) is 5.88 Å². The van der Waals surface area contributed by atoms with Crippen molar-refractivity contribution in [2.45, 2.75) is 127 Å². The third-order valence-electron chi connectivity index (χ3n) is 16.0. The molecule has 2 amide bonds. The summed E-state index contributed by atoms with van der Waals surface area (Å²) in [5.74, 6) is 0.777. The van der Waals surface area contributed by atoms with Gasteiger partial charge in [0.15, 0.2) is 23.7 Å². The zero-order chi connectivity index (χ0) is 53.3. The van der Waals surface area contributed by atoms with Gasteiger partial charge in [-0.25, -0.2) is 9.97 Å². The Balaban J connectivity index is 0.601. The molecular formula is C56H68N12O9. The van der Waals surface area contributed by atoms with E-state index in [9.17, 15) is 19.8 Å². The van der Waals surface area contributed by atoms with Gasteiger partial charge in [-0.3, -0.25) is 19.5 Å². The zero-order valence-corrected chi connectivity index (χ0v) is 44.0. The van der Waals surface area contributed by atoms with Gasteiger partial charge in [-0.1, -0.05) is 32.0 Å². The molecule has 1 saturated carbocycles. The molecule has 0 radical (unpaired) electrons. The monoisotopic (exact) mass is 1050 g/mol. The number of carbonyl (C=O) groups excluding carboxylic acids is 2. The first-order valence-electron chi connectivity index (χ1n) is 27.0. The number of pyridine rings is 2. The van der Waals surface area contributed by atoms with E-state index in [2.05, 4.69) is 62.5 Å². The molecule has 21 nitrogen and oxygen atoms in total. The molecule has 5 aromatic heterocycles. The summed E-state index contributed by atoms with van der Waals surface area (Å²) in [5.41, 5.74) is 11.7. The van der Waals surface area contributed by atoms with E-state index in [0.29, 0.717) is 59.2 Å². The fourth-order valence-electron chi connectivity index (χ4n) is 11.8. The van der Waals surface area contributed by atoms with Gasteiger partial charge >= 0.3 is 0 Å². The number of piperidine rings is 1. The van der Waals surface area contributed by atoms with Crippen LogP contribution in [0.2, 0.25) is 0 Å². The molecule has 77 heavy (non-hydrogen) atoms. The van der Waals surface area contributed by atoms with E-state index < -0.39 is 24.1 Å². The maximum atomic E-state index is 14.2. The van der Waals surface area contributed by atoms with Crippen LogP contribution in [0.1, 0.15) is 94.7 Å². The molecule has 6 atom stereocenters. The van der Waals surface area contributed by atoms with Gasteiger partial charge in [-0.2, -0.15) is 0 Å². The molecule has 21 heteroatoms. The number of benzene rings is 1. The lowest BCUT2D eigenvalue weighted by molar-refractivity contribution is -0.141. The van der Waals surface area contributed by atoms with Crippen LogP contribution >= 0.6 is 0 Å². The van der Waals surface area contributed by atoms with Crippen molar-refractivity contribution in [2.24, 2.45) is 5.92 Å². The second-order valence-corrected chi connectivity index (χ2v) is 21.6. The number of carbonyl (C=O) groups is 2. The normalized spacial score (nSPS) is 23.5. The number of aromatic nitrogens is 6. The van der Waals surface area contributed by atoms with E-state index >= 15 is 0 Å². The lowest BCUT2D eigenvalue weighted by Gasteiger charge is -2.43. The summed E-state index contributed by atoms with van der Waals surface area (Å²) in [4.78, 5) is 49.8. The Labute approximate surface area is 447 Å². The minimum Gasteiger partial charge on any atom is -0.507 e. The molecule has 406 valence electrons. The molecule has 0 spiro atoms. The highest BCUT2D eigenvalue weighted by molar-refractivity contribution is 5.91. The third kappa shape index (κ3) is 11.2. The van der Waals surface area contributed by atoms with Crippen LogP contribution in [-0.4, -0.2) is 151 Å². The number of hydrogen-bond acceptors (Lipinski definition) is 19. The quantitative estimate of drug-likeness (QED) is 0.0761. The third-order valence-corrected chi connectivity index (χ3v) is 16.0. The Kier molecular flexibility index (Phi) is 15.0. The number of ether oxygens (including phenoxy) is 3. The van der Waals surface area contributed by atoms with Crippen LogP contribution in [0.3, 0.4) is 0 Å². The first kappa shape index (κ1) is 51.7. The number of oxazole rings is 1. The number of rotatable bonds is 18. The lowest BCUT2D eigenvalue weighted by Crippen LogP contribution is -2.54. The fraction of sp³-hybridized carbons (Fsp3) is 0.500. The highest BCUT2D eigenvalue weighted by Gasteiger charge is 2.45. The van der Waals surface area contributed by atoms with Gasteiger partial charge in [-0.15, -0.1) is 10.2 Å². The van der Waals surface area contributed by atoms with E-state index in [1.165, 1.54) is 11.3 Å². The van der Waals surface area contributed by atoms with Crippen LogP contribution < -0.4 is 30.3 Å². The van der Waals surface area contributed by atoms with Crippen molar-refractivity contribution in [1.82, 2.24) is 45.4 Å². The SMILES string of the molecule is Cc1ncoc1-c1ccc([C@H](C)NC(=O)[C@@H]2C[C@@H](O)CN2C(=O)[C@@H](c2cc(OCCN3CCC(O[C@H]4C[C@H](Oc5cc(N6C7CCC6CN(c6cc(-c8ccccc8O)nnc6N)C7)ccn5)C4)CC3)no2)C(C)C)cn1. The van der Waals surface area contributed by atoms with Crippen molar-refractivity contribution in [2.75, 3.05) is 61.4 Å². The predicted molar refractivity (Wildman–Crippen MR) is 284 cm³/mol. The summed E-state index contributed by atoms with van der Waals surface area (Å²) < 4.78 is 30.2. The summed E-state index contributed by atoms with van der Waals surface area (Å²) in [5, 5.41) is 36.9. The standard InChI is InChI=1S/C56H68N12O9/c1-32(2)52(56(72)67-30-39(69)22-47(67)55(71)61-33(3)35-9-12-44(59-27-35)53-34(4)60-31-74-53)49-26-51(64-77-49)73-20-19-65-17-14-40(15-18-65)75-41-23-42(24-41)76-50-21-36(13-16-58-50)68-37-10-11-38(68)29-66(28-37)46-25-45(62-63-54(46)57)43-7-5-6-8-48(43)70/h5-9,12-13,16,21,25-27,31-33,37-42,47,52,69-70H,10-11,14-15,17-20,22-24,28-30H2,1-4H3,(H2,57,63)(H,61,71)/t33-,37?,38?,39+,41-,42-,47-,52+/m0/s1. The van der Waals surface area contributed by atoms with E-state index in [4.69, 9.17) is 28.9 Å². The number of amides is 2. The summed E-state index contributed by atoms with van der Waals surface area (Å²) in [6, 6.07) is 17.8. The van der Waals surface area contributed by atoms with Crippen LogP contribution in [0.5, 0.6) is 17.5 Å². The second-order valence-electron chi connectivity index (χ2n) is 21.6. The number of piperazine rings is 1. The number of aliphatic hydroxyl groups excluding tert-OH is 1. The largest absolute Gasteiger partial charge is 0.507 e. The zero-order valence-electron chi connectivity index (χ0n) is 44.0. The van der Waals surface area contributed by atoms with Gasteiger partial charge in [0, 0.05) is 106 Å². The number of phenols is 1. The van der Waals surface area contributed by atoms with Crippen LogP contribution in [0.15, 0.2) is 88.4 Å². The number of hydrogen-bond donors (Lipinski definition) is 4. The molecule has 11 rings (SSSR count). The van der Waals surface area contributed by atoms with Crippen LogP contribution in [-0.2, 0) is 14.3 Å². The second kappa shape index (κ2) is 22.3. The average Bonchev–Trinajstić information content (AvgIpc) is 4.22. The molecule has 2 bridgehead atoms. The maximum absolute atomic E-state index is 14.2.